The lowest BCUT2D eigenvalue weighted by atomic mass is 10.2. The highest BCUT2D eigenvalue weighted by Crippen LogP contribution is 2.28. The summed E-state index contributed by atoms with van der Waals surface area (Å²) >= 11 is 7.31. The second-order valence-corrected chi connectivity index (χ2v) is 5.09. The van der Waals surface area contributed by atoms with Crippen LogP contribution in [0.3, 0.4) is 0 Å². The average Bonchev–Trinajstić information content (AvgIpc) is 2.68. The first-order valence-corrected chi connectivity index (χ1v) is 5.98. The SMILES string of the molecule is CC(Nc1ncccc1F)c1ccc(Cl)s1. The summed E-state index contributed by atoms with van der Waals surface area (Å²) < 4.78 is 14.1. The van der Waals surface area contributed by atoms with Crippen molar-refractivity contribution in [3.05, 3.63) is 45.5 Å². The summed E-state index contributed by atoms with van der Waals surface area (Å²) in [4.78, 5) is 4.99. The molecule has 0 amide bonds. The highest BCUT2D eigenvalue weighted by atomic mass is 35.5. The predicted molar refractivity (Wildman–Crippen MR) is 65.6 cm³/mol. The van der Waals surface area contributed by atoms with Crippen LogP contribution in [0.25, 0.3) is 0 Å². The van der Waals surface area contributed by atoms with E-state index in [1.165, 1.54) is 17.4 Å². The van der Waals surface area contributed by atoms with Gasteiger partial charge >= 0.3 is 0 Å². The van der Waals surface area contributed by atoms with Crippen LogP contribution < -0.4 is 5.32 Å². The summed E-state index contributed by atoms with van der Waals surface area (Å²) in [5.41, 5.74) is 0. The van der Waals surface area contributed by atoms with Crippen LogP contribution in [-0.4, -0.2) is 4.98 Å². The number of aromatic nitrogens is 1. The number of rotatable bonds is 3. The maximum absolute atomic E-state index is 13.3. The Kier molecular flexibility index (Phi) is 3.41. The quantitative estimate of drug-likeness (QED) is 0.894. The van der Waals surface area contributed by atoms with Gasteiger partial charge in [0.2, 0.25) is 0 Å². The van der Waals surface area contributed by atoms with E-state index in [0.29, 0.717) is 0 Å². The molecular formula is C11H10ClFN2S. The maximum atomic E-state index is 13.3. The number of halogens is 2. The monoisotopic (exact) mass is 256 g/mol. The number of pyridine rings is 1. The molecule has 2 rings (SSSR count). The first-order valence-electron chi connectivity index (χ1n) is 4.79. The zero-order valence-electron chi connectivity index (χ0n) is 8.58. The molecule has 0 bridgehead atoms. The van der Waals surface area contributed by atoms with Gasteiger partial charge in [0, 0.05) is 11.1 Å². The van der Waals surface area contributed by atoms with Gasteiger partial charge in [0.25, 0.3) is 0 Å². The number of anilines is 1. The molecular weight excluding hydrogens is 247 g/mol. The zero-order valence-corrected chi connectivity index (χ0v) is 10.1. The number of thiophene rings is 1. The Hall–Kier alpha value is -1.13. The molecule has 84 valence electrons. The van der Waals surface area contributed by atoms with Gasteiger partial charge in [-0.2, -0.15) is 0 Å². The third-order valence-corrected chi connectivity index (χ3v) is 3.55. The van der Waals surface area contributed by atoms with E-state index in [0.717, 1.165) is 9.21 Å². The normalized spacial score (nSPS) is 12.4. The van der Waals surface area contributed by atoms with Crippen molar-refractivity contribution >= 4 is 28.8 Å². The minimum absolute atomic E-state index is 0.0121. The lowest BCUT2D eigenvalue weighted by Crippen LogP contribution is -2.07. The van der Waals surface area contributed by atoms with E-state index in [-0.39, 0.29) is 17.7 Å². The van der Waals surface area contributed by atoms with Crippen LogP contribution in [0.1, 0.15) is 17.8 Å². The summed E-state index contributed by atoms with van der Waals surface area (Å²) in [7, 11) is 0. The average molecular weight is 257 g/mol. The number of nitrogens with one attached hydrogen (secondary N) is 1. The van der Waals surface area contributed by atoms with E-state index in [4.69, 9.17) is 11.6 Å². The predicted octanol–water partition coefficient (Wildman–Crippen LogP) is 4.11. The van der Waals surface area contributed by atoms with E-state index in [1.807, 2.05) is 19.1 Å². The fourth-order valence-corrected chi connectivity index (χ4v) is 2.39. The second kappa shape index (κ2) is 4.80. The summed E-state index contributed by atoms with van der Waals surface area (Å²) in [6, 6.07) is 6.68. The van der Waals surface area contributed by atoms with Crippen molar-refractivity contribution in [1.29, 1.82) is 0 Å². The van der Waals surface area contributed by atoms with E-state index in [2.05, 4.69) is 10.3 Å². The summed E-state index contributed by atoms with van der Waals surface area (Å²) in [5, 5.41) is 3.01. The zero-order chi connectivity index (χ0) is 11.5. The molecule has 2 heterocycles. The van der Waals surface area contributed by atoms with Crippen LogP contribution >= 0.6 is 22.9 Å². The Balaban J connectivity index is 2.13. The molecule has 2 aromatic heterocycles. The molecule has 0 radical (unpaired) electrons. The molecule has 0 saturated carbocycles. The van der Waals surface area contributed by atoms with Crippen LogP contribution in [-0.2, 0) is 0 Å². The van der Waals surface area contributed by atoms with Gasteiger partial charge < -0.3 is 5.32 Å². The van der Waals surface area contributed by atoms with Crippen LogP contribution in [0.2, 0.25) is 4.34 Å². The van der Waals surface area contributed by atoms with Crippen molar-refractivity contribution in [3.8, 4) is 0 Å². The molecule has 16 heavy (non-hydrogen) atoms. The topological polar surface area (TPSA) is 24.9 Å². The van der Waals surface area contributed by atoms with Gasteiger partial charge in [-0.15, -0.1) is 11.3 Å². The fourth-order valence-electron chi connectivity index (χ4n) is 1.33. The van der Waals surface area contributed by atoms with Crippen LogP contribution in [0.15, 0.2) is 30.5 Å². The molecule has 1 unspecified atom stereocenters. The molecule has 1 N–H and O–H groups in total. The highest BCUT2D eigenvalue weighted by Gasteiger charge is 2.10. The van der Waals surface area contributed by atoms with Gasteiger partial charge in [0.05, 0.1) is 10.4 Å². The van der Waals surface area contributed by atoms with Crippen LogP contribution in [0, 0.1) is 5.82 Å². The third-order valence-electron chi connectivity index (χ3n) is 2.13. The fraction of sp³-hybridized carbons (Fsp3) is 0.182. The van der Waals surface area contributed by atoms with Gasteiger partial charge in [0.1, 0.15) is 0 Å². The van der Waals surface area contributed by atoms with Crippen molar-refractivity contribution in [3.63, 3.8) is 0 Å². The van der Waals surface area contributed by atoms with Crippen LogP contribution in [0.5, 0.6) is 0 Å². The second-order valence-electron chi connectivity index (χ2n) is 3.34. The van der Waals surface area contributed by atoms with Gasteiger partial charge in [-0.3, -0.25) is 0 Å². The Morgan fingerprint density at radius 3 is 2.88 bits per heavy atom. The van der Waals surface area contributed by atoms with E-state index >= 15 is 0 Å². The molecule has 2 aromatic rings. The molecule has 0 fully saturated rings. The Morgan fingerprint density at radius 2 is 2.25 bits per heavy atom. The summed E-state index contributed by atoms with van der Waals surface area (Å²) in [5.74, 6) is -0.0866. The number of nitrogens with zero attached hydrogens (tertiary/aromatic N) is 1. The van der Waals surface area contributed by atoms with Gasteiger partial charge in [-0.25, -0.2) is 9.37 Å². The molecule has 0 aliphatic heterocycles. The molecule has 0 aliphatic rings. The number of hydrogen-bond donors (Lipinski definition) is 1. The molecule has 2 nitrogen and oxygen atoms in total. The molecule has 0 saturated heterocycles. The number of hydrogen-bond acceptors (Lipinski definition) is 3. The minimum Gasteiger partial charge on any atom is -0.360 e. The first-order chi connectivity index (χ1) is 7.66. The van der Waals surface area contributed by atoms with E-state index in [9.17, 15) is 4.39 Å². The van der Waals surface area contributed by atoms with Crippen molar-refractivity contribution in [2.75, 3.05) is 5.32 Å². The van der Waals surface area contributed by atoms with Gasteiger partial charge in [-0.1, -0.05) is 11.6 Å². The van der Waals surface area contributed by atoms with Crippen LogP contribution in [0.4, 0.5) is 10.2 Å². The van der Waals surface area contributed by atoms with Gasteiger partial charge in [-0.05, 0) is 31.2 Å². The molecule has 5 heteroatoms. The summed E-state index contributed by atoms with van der Waals surface area (Å²) in [6.07, 6.45) is 1.56. The van der Waals surface area contributed by atoms with Crippen molar-refractivity contribution in [2.45, 2.75) is 13.0 Å². The third kappa shape index (κ3) is 2.51. The van der Waals surface area contributed by atoms with Crippen molar-refractivity contribution in [2.24, 2.45) is 0 Å². The Bertz CT molecular complexity index is 486. The van der Waals surface area contributed by atoms with E-state index < -0.39 is 0 Å². The minimum atomic E-state index is -0.350. The Morgan fingerprint density at radius 1 is 1.44 bits per heavy atom. The highest BCUT2D eigenvalue weighted by molar-refractivity contribution is 7.16. The maximum Gasteiger partial charge on any atom is 0.165 e. The first kappa shape index (κ1) is 11.4. The molecule has 0 aliphatic carbocycles. The smallest absolute Gasteiger partial charge is 0.165 e. The largest absolute Gasteiger partial charge is 0.360 e. The van der Waals surface area contributed by atoms with E-state index in [1.54, 1.807) is 12.3 Å². The van der Waals surface area contributed by atoms with Crippen molar-refractivity contribution < 1.29 is 4.39 Å². The lowest BCUT2D eigenvalue weighted by Gasteiger charge is -2.12. The summed E-state index contributed by atoms with van der Waals surface area (Å²) in [6.45, 7) is 1.94. The molecule has 1 atom stereocenters. The molecule has 0 aromatic carbocycles. The Labute approximate surface area is 102 Å². The van der Waals surface area contributed by atoms with Gasteiger partial charge in [0.15, 0.2) is 11.6 Å². The van der Waals surface area contributed by atoms with Crippen molar-refractivity contribution in [1.82, 2.24) is 4.98 Å². The lowest BCUT2D eigenvalue weighted by molar-refractivity contribution is 0.621. The molecule has 0 spiro atoms. The standard InChI is InChI=1S/C11H10ClFN2S/c1-7(9-4-5-10(12)16-9)15-11-8(13)3-2-6-14-11/h2-7H,1H3,(H,14,15).